The van der Waals surface area contributed by atoms with Crippen LogP contribution in [0.1, 0.15) is 15.9 Å². The van der Waals surface area contributed by atoms with E-state index in [0.29, 0.717) is 22.8 Å². The molecule has 0 spiro atoms. The van der Waals surface area contributed by atoms with Gasteiger partial charge in [0.15, 0.2) is 0 Å². The van der Waals surface area contributed by atoms with Crippen molar-refractivity contribution in [2.75, 3.05) is 5.32 Å². The van der Waals surface area contributed by atoms with Gasteiger partial charge in [-0.1, -0.05) is 23.7 Å². The first-order valence-electron chi connectivity index (χ1n) is 5.63. The van der Waals surface area contributed by atoms with E-state index in [1.807, 2.05) is 6.07 Å². The van der Waals surface area contributed by atoms with Gasteiger partial charge in [0.1, 0.15) is 5.82 Å². The van der Waals surface area contributed by atoms with E-state index in [2.05, 4.69) is 5.32 Å². The standard InChI is InChI=1S/C14H12ClFN2O/c15-11-5-12(16)7-13(6-11)18-8-9-2-1-3-10(4-9)14(17)19/h1-7,18H,8H2,(H2,17,19). The first-order chi connectivity index (χ1) is 9.04. The minimum Gasteiger partial charge on any atom is -0.381 e. The molecule has 0 atom stereocenters. The average Bonchev–Trinajstić information content (AvgIpc) is 2.35. The lowest BCUT2D eigenvalue weighted by atomic mass is 10.1. The van der Waals surface area contributed by atoms with Gasteiger partial charge in [-0.25, -0.2) is 4.39 Å². The van der Waals surface area contributed by atoms with E-state index < -0.39 is 11.7 Å². The molecular weight excluding hydrogens is 267 g/mol. The minimum atomic E-state index is -0.476. The van der Waals surface area contributed by atoms with Crippen molar-refractivity contribution >= 4 is 23.2 Å². The molecule has 98 valence electrons. The second kappa shape index (κ2) is 5.71. The summed E-state index contributed by atoms with van der Waals surface area (Å²) in [6, 6.07) is 11.1. The van der Waals surface area contributed by atoms with Crippen LogP contribution in [0.25, 0.3) is 0 Å². The summed E-state index contributed by atoms with van der Waals surface area (Å²) in [4.78, 5) is 11.1. The number of primary amides is 1. The quantitative estimate of drug-likeness (QED) is 0.902. The summed E-state index contributed by atoms with van der Waals surface area (Å²) in [5.41, 5.74) is 7.09. The molecule has 3 N–H and O–H groups in total. The lowest BCUT2D eigenvalue weighted by Crippen LogP contribution is -2.11. The van der Waals surface area contributed by atoms with Crippen molar-refractivity contribution in [3.8, 4) is 0 Å². The molecule has 0 unspecified atom stereocenters. The summed E-state index contributed by atoms with van der Waals surface area (Å²) in [5.74, 6) is -0.878. The lowest BCUT2D eigenvalue weighted by molar-refractivity contribution is 0.1000. The van der Waals surface area contributed by atoms with Crippen LogP contribution in [0.2, 0.25) is 5.02 Å². The fraction of sp³-hybridized carbons (Fsp3) is 0.0714. The smallest absolute Gasteiger partial charge is 0.248 e. The Morgan fingerprint density at radius 1 is 1.26 bits per heavy atom. The van der Waals surface area contributed by atoms with E-state index in [1.54, 1.807) is 24.3 Å². The van der Waals surface area contributed by atoms with Gasteiger partial charge in [0.05, 0.1) is 0 Å². The zero-order valence-electron chi connectivity index (χ0n) is 9.99. The van der Waals surface area contributed by atoms with Crippen LogP contribution in [0, 0.1) is 5.82 Å². The van der Waals surface area contributed by atoms with Gasteiger partial charge in [-0.15, -0.1) is 0 Å². The van der Waals surface area contributed by atoms with Gasteiger partial charge >= 0.3 is 0 Å². The molecule has 0 radical (unpaired) electrons. The fourth-order valence-corrected chi connectivity index (χ4v) is 1.92. The molecule has 0 aliphatic heterocycles. The maximum Gasteiger partial charge on any atom is 0.248 e. The first kappa shape index (κ1) is 13.4. The van der Waals surface area contributed by atoms with Crippen LogP contribution in [0.3, 0.4) is 0 Å². The summed E-state index contributed by atoms with van der Waals surface area (Å²) in [6.07, 6.45) is 0. The maximum absolute atomic E-state index is 13.1. The van der Waals surface area contributed by atoms with Crippen molar-refractivity contribution in [2.45, 2.75) is 6.54 Å². The van der Waals surface area contributed by atoms with E-state index in [-0.39, 0.29) is 0 Å². The minimum absolute atomic E-state index is 0.327. The first-order valence-corrected chi connectivity index (χ1v) is 6.01. The monoisotopic (exact) mass is 278 g/mol. The molecule has 0 aliphatic rings. The van der Waals surface area contributed by atoms with Crippen LogP contribution in [-0.4, -0.2) is 5.91 Å². The Labute approximate surface area is 115 Å². The summed E-state index contributed by atoms with van der Waals surface area (Å²) in [7, 11) is 0. The molecule has 0 heterocycles. The molecule has 0 aliphatic carbocycles. The predicted octanol–water partition coefficient (Wildman–Crippen LogP) is 3.19. The molecule has 1 amide bonds. The molecule has 0 saturated carbocycles. The molecule has 3 nitrogen and oxygen atoms in total. The highest BCUT2D eigenvalue weighted by molar-refractivity contribution is 6.30. The largest absolute Gasteiger partial charge is 0.381 e. The van der Waals surface area contributed by atoms with E-state index >= 15 is 0 Å². The van der Waals surface area contributed by atoms with Crippen LogP contribution in [0.5, 0.6) is 0 Å². The molecule has 2 rings (SSSR count). The Hall–Kier alpha value is -2.07. The number of nitrogens with one attached hydrogen (secondary N) is 1. The van der Waals surface area contributed by atoms with Crippen LogP contribution in [-0.2, 0) is 6.54 Å². The van der Waals surface area contributed by atoms with Crippen LogP contribution < -0.4 is 11.1 Å². The van der Waals surface area contributed by atoms with Crippen molar-refractivity contribution in [3.63, 3.8) is 0 Å². The Bertz CT molecular complexity index is 596. The molecule has 19 heavy (non-hydrogen) atoms. The van der Waals surface area contributed by atoms with Gasteiger partial charge in [-0.05, 0) is 35.9 Å². The molecule has 5 heteroatoms. The number of hydrogen-bond donors (Lipinski definition) is 2. The van der Waals surface area contributed by atoms with Crippen molar-refractivity contribution in [1.82, 2.24) is 0 Å². The lowest BCUT2D eigenvalue weighted by Gasteiger charge is -2.08. The summed E-state index contributed by atoms with van der Waals surface area (Å²) >= 11 is 5.76. The van der Waals surface area contributed by atoms with E-state index in [9.17, 15) is 9.18 Å². The number of nitrogens with two attached hydrogens (primary N) is 1. The third kappa shape index (κ3) is 3.69. The van der Waals surface area contributed by atoms with Crippen LogP contribution in [0.4, 0.5) is 10.1 Å². The number of halogens is 2. The number of amides is 1. The van der Waals surface area contributed by atoms with Crippen LogP contribution in [0.15, 0.2) is 42.5 Å². The summed E-state index contributed by atoms with van der Waals surface area (Å²) in [6.45, 7) is 0.445. The zero-order valence-corrected chi connectivity index (χ0v) is 10.7. The molecule has 0 saturated heterocycles. The number of carbonyl (C=O) groups is 1. The maximum atomic E-state index is 13.1. The molecular formula is C14H12ClFN2O. The van der Waals surface area contributed by atoms with E-state index in [0.717, 1.165) is 5.56 Å². The average molecular weight is 279 g/mol. The van der Waals surface area contributed by atoms with E-state index in [4.69, 9.17) is 17.3 Å². The molecule has 2 aromatic rings. The van der Waals surface area contributed by atoms with Gasteiger partial charge in [0.25, 0.3) is 0 Å². The Balaban J connectivity index is 2.10. The normalized spacial score (nSPS) is 10.2. The summed E-state index contributed by atoms with van der Waals surface area (Å²) in [5, 5.41) is 3.36. The van der Waals surface area contributed by atoms with Gasteiger partial charge in [-0.2, -0.15) is 0 Å². The number of hydrogen-bond acceptors (Lipinski definition) is 2. The second-order valence-corrected chi connectivity index (χ2v) is 4.51. The Kier molecular flexibility index (Phi) is 4.02. The Morgan fingerprint density at radius 3 is 2.74 bits per heavy atom. The third-order valence-corrected chi connectivity index (χ3v) is 2.79. The van der Waals surface area contributed by atoms with Gasteiger partial charge in [-0.3, -0.25) is 4.79 Å². The molecule has 0 aromatic heterocycles. The number of rotatable bonds is 4. The number of benzene rings is 2. The van der Waals surface area contributed by atoms with Gasteiger partial charge < -0.3 is 11.1 Å². The van der Waals surface area contributed by atoms with Crippen molar-refractivity contribution in [1.29, 1.82) is 0 Å². The summed E-state index contributed by atoms with van der Waals surface area (Å²) < 4.78 is 13.1. The highest BCUT2D eigenvalue weighted by Crippen LogP contribution is 2.18. The second-order valence-electron chi connectivity index (χ2n) is 4.08. The Morgan fingerprint density at radius 2 is 2.05 bits per heavy atom. The molecule has 2 aromatic carbocycles. The number of anilines is 1. The zero-order chi connectivity index (χ0) is 13.8. The van der Waals surface area contributed by atoms with Gasteiger partial charge in [0, 0.05) is 22.8 Å². The highest BCUT2D eigenvalue weighted by Gasteiger charge is 2.02. The number of carbonyl (C=O) groups excluding carboxylic acids is 1. The SMILES string of the molecule is NC(=O)c1cccc(CNc2cc(F)cc(Cl)c2)c1. The van der Waals surface area contributed by atoms with E-state index in [1.165, 1.54) is 12.1 Å². The molecule has 0 bridgehead atoms. The van der Waals surface area contributed by atoms with Crippen molar-refractivity contribution in [3.05, 3.63) is 64.4 Å². The topological polar surface area (TPSA) is 55.1 Å². The van der Waals surface area contributed by atoms with Crippen LogP contribution >= 0.6 is 11.6 Å². The van der Waals surface area contributed by atoms with Crippen molar-refractivity contribution < 1.29 is 9.18 Å². The van der Waals surface area contributed by atoms with Gasteiger partial charge in [0.2, 0.25) is 5.91 Å². The highest BCUT2D eigenvalue weighted by atomic mass is 35.5. The fourth-order valence-electron chi connectivity index (χ4n) is 1.69. The van der Waals surface area contributed by atoms with Crippen molar-refractivity contribution in [2.24, 2.45) is 5.73 Å². The third-order valence-electron chi connectivity index (χ3n) is 2.57. The predicted molar refractivity (Wildman–Crippen MR) is 73.7 cm³/mol. The molecule has 0 fully saturated rings.